The van der Waals surface area contributed by atoms with Gasteiger partial charge in [0.15, 0.2) is 0 Å². The normalized spacial score (nSPS) is 10.7. The van der Waals surface area contributed by atoms with Crippen molar-refractivity contribution >= 4 is 26.7 Å². The molecule has 0 aliphatic carbocycles. The quantitative estimate of drug-likeness (QED) is 0.631. The number of rotatable bonds is 3. The fraction of sp³-hybridized carbons (Fsp3) is 0.0588. The topological polar surface area (TPSA) is 9.23 Å². The van der Waals surface area contributed by atoms with Crippen LogP contribution < -0.4 is 4.74 Å². The molecule has 0 N–H and O–H groups in total. The minimum atomic E-state index is -0.313. The lowest BCUT2D eigenvalue weighted by Gasteiger charge is -2.09. The zero-order valence-electron chi connectivity index (χ0n) is 10.6. The van der Waals surface area contributed by atoms with E-state index in [0.717, 1.165) is 10.9 Å². The molecule has 0 aliphatic rings. The number of benzene rings is 3. The third kappa shape index (κ3) is 2.83. The fourth-order valence-corrected chi connectivity index (χ4v) is 2.64. The van der Waals surface area contributed by atoms with E-state index in [4.69, 9.17) is 4.74 Å². The summed E-state index contributed by atoms with van der Waals surface area (Å²) in [7, 11) is 0. The van der Waals surface area contributed by atoms with Crippen LogP contribution in [-0.4, -0.2) is 0 Å². The van der Waals surface area contributed by atoms with Crippen molar-refractivity contribution in [1.29, 1.82) is 0 Å². The lowest BCUT2D eigenvalue weighted by Crippen LogP contribution is -1.96. The molecule has 0 spiro atoms. The molecule has 0 unspecified atom stereocenters. The standard InChI is InChI=1S/C17H12BrFO/c18-14-8-15(19)10-16(9-14)20-11-13-6-3-5-12-4-1-2-7-17(12)13/h1-10H,11H2. The molecule has 0 amide bonds. The molecule has 3 aromatic rings. The van der Waals surface area contributed by atoms with Gasteiger partial charge in [0.25, 0.3) is 0 Å². The summed E-state index contributed by atoms with van der Waals surface area (Å²) in [4.78, 5) is 0. The maximum atomic E-state index is 13.3. The van der Waals surface area contributed by atoms with E-state index in [1.807, 2.05) is 24.3 Å². The van der Waals surface area contributed by atoms with Crippen LogP contribution in [0.25, 0.3) is 10.8 Å². The Hall–Kier alpha value is -1.87. The maximum Gasteiger partial charge on any atom is 0.128 e. The average molecular weight is 331 g/mol. The first-order valence-electron chi connectivity index (χ1n) is 6.28. The molecule has 3 rings (SSSR count). The molecule has 0 aromatic heterocycles. The molecule has 3 heteroatoms. The van der Waals surface area contributed by atoms with Gasteiger partial charge in [-0.1, -0.05) is 58.4 Å². The summed E-state index contributed by atoms with van der Waals surface area (Å²) in [6.07, 6.45) is 0. The van der Waals surface area contributed by atoms with Gasteiger partial charge in [0.2, 0.25) is 0 Å². The smallest absolute Gasteiger partial charge is 0.128 e. The van der Waals surface area contributed by atoms with Gasteiger partial charge in [-0.3, -0.25) is 0 Å². The molecule has 0 saturated carbocycles. The molecule has 0 atom stereocenters. The van der Waals surface area contributed by atoms with E-state index < -0.39 is 0 Å². The Balaban J connectivity index is 1.87. The van der Waals surface area contributed by atoms with Crippen molar-refractivity contribution in [1.82, 2.24) is 0 Å². The van der Waals surface area contributed by atoms with Gasteiger partial charge < -0.3 is 4.74 Å². The summed E-state index contributed by atoms with van der Waals surface area (Å²) in [6, 6.07) is 18.8. The van der Waals surface area contributed by atoms with E-state index >= 15 is 0 Å². The minimum Gasteiger partial charge on any atom is -0.489 e. The summed E-state index contributed by atoms with van der Waals surface area (Å²) in [6.45, 7) is 0.414. The molecule has 0 radical (unpaired) electrons. The summed E-state index contributed by atoms with van der Waals surface area (Å²) >= 11 is 3.26. The Bertz CT molecular complexity index is 729. The van der Waals surface area contributed by atoms with Crippen molar-refractivity contribution < 1.29 is 9.13 Å². The highest BCUT2D eigenvalue weighted by atomic mass is 79.9. The van der Waals surface area contributed by atoms with Crippen LogP contribution in [0.5, 0.6) is 5.75 Å². The molecular weight excluding hydrogens is 319 g/mol. The largest absolute Gasteiger partial charge is 0.489 e. The molecule has 0 heterocycles. The van der Waals surface area contributed by atoms with Crippen molar-refractivity contribution in [2.24, 2.45) is 0 Å². The molecule has 0 bridgehead atoms. The predicted molar refractivity (Wildman–Crippen MR) is 82.4 cm³/mol. The summed E-state index contributed by atoms with van der Waals surface area (Å²) < 4.78 is 19.7. The number of hydrogen-bond donors (Lipinski definition) is 0. The van der Waals surface area contributed by atoms with E-state index in [1.54, 1.807) is 6.07 Å². The van der Waals surface area contributed by atoms with E-state index in [0.29, 0.717) is 16.8 Å². The van der Waals surface area contributed by atoms with Crippen LogP contribution >= 0.6 is 15.9 Å². The molecule has 1 nitrogen and oxygen atoms in total. The first kappa shape index (κ1) is 13.1. The van der Waals surface area contributed by atoms with Crippen LogP contribution in [0, 0.1) is 5.82 Å². The van der Waals surface area contributed by atoms with Gasteiger partial charge >= 0.3 is 0 Å². The summed E-state index contributed by atoms with van der Waals surface area (Å²) in [5, 5.41) is 2.33. The first-order chi connectivity index (χ1) is 9.72. The molecule has 0 aliphatic heterocycles. The molecule has 0 fully saturated rings. The SMILES string of the molecule is Fc1cc(Br)cc(OCc2cccc3ccccc23)c1. The first-order valence-corrected chi connectivity index (χ1v) is 7.07. The van der Waals surface area contributed by atoms with Crippen molar-refractivity contribution in [2.45, 2.75) is 6.61 Å². The molecule has 0 saturated heterocycles. The van der Waals surface area contributed by atoms with Gasteiger partial charge in [-0.2, -0.15) is 0 Å². The van der Waals surface area contributed by atoms with E-state index in [1.165, 1.54) is 17.5 Å². The third-order valence-electron chi connectivity index (χ3n) is 3.11. The lowest BCUT2D eigenvalue weighted by molar-refractivity contribution is 0.306. The Morgan fingerprint density at radius 2 is 1.75 bits per heavy atom. The summed E-state index contributed by atoms with van der Waals surface area (Å²) in [5.41, 5.74) is 1.09. The Kier molecular flexibility index (Phi) is 3.70. The van der Waals surface area contributed by atoms with Crippen LogP contribution in [0.4, 0.5) is 4.39 Å². The second kappa shape index (κ2) is 5.63. The van der Waals surface area contributed by atoms with Crippen molar-refractivity contribution in [3.63, 3.8) is 0 Å². The highest BCUT2D eigenvalue weighted by Gasteiger charge is 2.03. The van der Waals surface area contributed by atoms with Crippen molar-refractivity contribution in [3.8, 4) is 5.75 Å². The lowest BCUT2D eigenvalue weighted by atomic mass is 10.1. The average Bonchev–Trinajstić information content (AvgIpc) is 2.44. The minimum absolute atomic E-state index is 0.313. The number of fused-ring (bicyclic) bond motifs is 1. The molecule has 100 valence electrons. The van der Waals surface area contributed by atoms with Crippen LogP contribution in [-0.2, 0) is 6.61 Å². The van der Waals surface area contributed by atoms with Crippen LogP contribution in [0.3, 0.4) is 0 Å². The van der Waals surface area contributed by atoms with Gasteiger partial charge in [-0.05, 0) is 28.5 Å². The number of hydrogen-bond acceptors (Lipinski definition) is 1. The van der Waals surface area contributed by atoms with Gasteiger partial charge in [-0.25, -0.2) is 4.39 Å². The monoisotopic (exact) mass is 330 g/mol. The second-order valence-electron chi connectivity index (χ2n) is 4.53. The van der Waals surface area contributed by atoms with Crippen LogP contribution in [0.15, 0.2) is 65.1 Å². The highest BCUT2D eigenvalue weighted by Crippen LogP contribution is 2.23. The molecule has 20 heavy (non-hydrogen) atoms. The van der Waals surface area contributed by atoms with E-state index in [9.17, 15) is 4.39 Å². The number of halogens is 2. The number of ether oxygens (including phenoxy) is 1. The zero-order valence-corrected chi connectivity index (χ0v) is 12.2. The second-order valence-corrected chi connectivity index (χ2v) is 5.45. The van der Waals surface area contributed by atoms with Gasteiger partial charge in [0.1, 0.15) is 18.2 Å². The molecular formula is C17H12BrFO. The van der Waals surface area contributed by atoms with E-state index in [2.05, 4.69) is 34.1 Å². The van der Waals surface area contributed by atoms with Crippen molar-refractivity contribution in [2.75, 3.05) is 0 Å². The molecule has 3 aromatic carbocycles. The van der Waals surface area contributed by atoms with Crippen LogP contribution in [0.2, 0.25) is 0 Å². The fourth-order valence-electron chi connectivity index (χ4n) is 2.19. The highest BCUT2D eigenvalue weighted by molar-refractivity contribution is 9.10. The van der Waals surface area contributed by atoms with E-state index in [-0.39, 0.29) is 5.82 Å². The van der Waals surface area contributed by atoms with Gasteiger partial charge in [0.05, 0.1) is 0 Å². The predicted octanol–water partition coefficient (Wildman–Crippen LogP) is 5.32. The Labute approximate surface area is 125 Å². The zero-order chi connectivity index (χ0) is 13.9. The summed E-state index contributed by atoms with van der Waals surface area (Å²) in [5.74, 6) is 0.206. The van der Waals surface area contributed by atoms with Crippen LogP contribution in [0.1, 0.15) is 5.56 Å². The Morgan fingerprint density at radius 3 is 2.60 bits per heavy atom. The van der Waals surface area contributed by atoms with Gasteiger partial charge in [0, 0.05) is 10.5 Å². The maximum absolute atomic E-state index is 13.3. The third-order valence-corrected chi connectivity index (χ3v) is 3.57. The van der Waals surface area contributed by atoms with Crippen molar-refractivity contribution in [3.05, 3.63) is 76.5 Å². The Morgan fingerprint density at radius 1 is 0.950 bits per heavy atom. The van der Waals surface area contributed by atoms with Gasteiger partial charge in [-0.15, -0.1) is 0 Å².